The van der Waals surface area contributed by atoms with Gasteiger partial charge in [0.05, 0.1) is 11.3 Å². The van der Waals surface area contributed by atoms with Crippen LogP contribution in [0.4, 0.5) is 5.69 Å². The molecule has 3 N–H and O–H groups in total. The molecule has 0 fully saturated rings. The van der Waals surface area contributed by atoms with Crippen LogP contribution < -0.4 is 5.32 Å². The minimum atomic E-state index is -1.16. The summed E-state index contributed by atoms with van der Waals surface area (Å²) < 4.78 is 1.02. The smallest absolute Gasteiger partial charge is 0.337 e. The highest BCUT2D eigenvalue weighted by Crippen LogP contribution is 2.31. The first-order valence-electron chi connectivity index (χ1n) is 4.88. The van der Waals surface area contributed by atoms with Gasteiger partial charge in [0.2, 0.25) is 5.82 Å². The molecule has 1 amide bonds. The van der Waals surface area contributed by atoms with Crippen molar-refractivity contribution in [1.82, 2.24) is 15.2 Å². The van der Waals surface area contributed by atoms with E-state index in [-0.39, 0.29) is 17.1 Å². The van der Waals surface area contributed by atoms with Gasteiger partial charge < -0.3 is 10.4 Å². The van der Waals surface area contributed by atoms with Crippen LogP contribution in [0.1, 0.15) is 21.0 Å². The molecule has 0 saturated carbocycles. The van der Waals surface area contributed by atoms with E-state index in [0.717, 1.165) is 0 Å². The second kappa shape index (κ2) is 5.49. The number of halogens is 2. The molecule has 1 aromatic carbocycles. The molecule has 2 aromatic rings. The summed E-state index contributed by atoms with van der Waals surface area (Å²) in [6.07, 6.45) is 1.18. The third kappa shape index (κ3) is 2.99. The number of aromatic amines is 1. The van der Waals surface area contributed by atoms with Gasteiger partial charge in [0.25, 0.3) is 5.91 Å². The van der Waals surface area contributed by atoms with Gasteiger partial charge in [-0.15, -0.1) is 0 Å². The van der Waals surface area contributed by atoms with Crippen molar-refractivity contribution in [3.8, 4) is 0 Å². The lowest BCUT2D eigenvalue weighted by Crippen LogP contribution is -2.16. The molecule has 0 aliphatic rings. The first-order valence-corrected chi connectivity index (χ1v) is 6.46. The molecule has 2 rings (SSSR count). The van der Waals surface area contributed by atoms with Gasteiger partial charge in [-0.1, -0.05) is 15.9 Å². The molecular weight excluding hydrogens is 384 g/mol. The minimum absolute atomic E-state index is 0.00819. The number of carbonyl (C=O) groups excluding carboxylic acids is 1. The van der Waals surface area contributed by atoms with Gasteiger partial charge in [-0.05, 0) is 28.1 Å². The normalized spacial score (nSPS) is 10.2. The number of hydrogen-bond donors (Lipinski definition) is 3. The SMILES string of the molecule is O=C(Nc1c(Br)cc(Br)cc1C(=O)O)c1ncn[nH]1. The lowest BCUT2D eigenvalue weighted by Gasteiger charge is -2.10. The molecule has 98 valence electrons. The number of rotatable bonds is 3. The summed E-state index contributed by atoms with van der Waals surface area (Å²) in [5.74, 6) is -1.75. The maximum atomic E-state index is 11.8. The van der Waals surface area contributed by atoms with Crippen molar-refractivity contribution in [2.75, 3.05) is 5.32 Å². The van der Waals surface area contributed by atoms with Crippen LogP contribution in [-0.4, -0.2) is 32.2 Å². The topological polar surface area (TPSA) is 108 Å². The van der Waals surface area contributed by atoms with E-state index < -0.39 is 11.9 Å². The average Bonchev–Trinajstić information content (AvgIpc) is 2.85. The molecule has 19 heavy (non-hydrogen) atoms. The predicted molar refractivity (Wildman–Crippen MR) is 73.1 cm³/mol. The Balaban J connectivity index is 2.39. The molecule has 1 heterocycles. The zero-order chi connectivity index (χ0) is 14.0. The van der Waals surface area contributed by atoms with E-state index in [1.807, 2.05) is 0 Å². The third-order valence-corrected chi connectivity index (χ3v) is 3.24. The van der Waals surface area contributed by atoms with Crippen molar-refractivity contribution in [2.45, 2.75) is 0 Å². The molecule has 0 unspecified atom stereocenters. The Morgan fingerprint density at radius 3 is 2.63 bits per heavy atom. The number of carboxylic acid groups (broad SMARTS) is 1. The van der Waals surface area contributed by atoms with E-state index in [9.17, 15) is 9.59 Å². The van der Waals surface area contributed by atoms with Crippen molar-refractivity contribution in [3.05, 3.63) is 38.8 Å². The van der Waals surface area contributed by atoms with Crippen LogP contribution >= 0.6 is 31.9 Å². The number of anilines is 1. The van der Waals surface area contributed by atoms with Crippen molar-refractivity contribution < 1.29 is 14.7 Å². The largest absolute Gasteiger partial charge is 0.478 e. The summed E-state index contributed by atoms with van der Waals surface area (Å²) in [4.78, 5) is 26.7. The predicted octanol–water partition coefficient (Wildman–Crippen LogP) is 2.28. The van der Waals surface area contributed by atoms with E-state index in [4.69, 9.17) is 5.11 Å². The molecule has 7 nitrogen and oxygen atoms in total. The van der Waals surface area contributed by atoms with Crippen molar-refractivity contribution in [2.24, 2.45) is 0 Å². The molecule has 0 bridgehead atoms. The molecule has 0 saturated heterocycles. The standard InChI is InChI=1S/C10H6Br2N4O3/c11-4-1-5(10(18)19)7(6(12)2-4)15-9(17)8-13-3-14-16-8/h1-3H,(H,15,17)(H,18,19)(H,13,14,16). The van der Waals surface area contributed by atoms with Gasteiger partial charge in [0.15, 0.2) is 0 Å². The summed E-state index contributed by atoms with van der Waals surface area (Å²) in [5, 5.41) is 17.5. The van der Waals surface area contributed by atoms with E-state index >= 15 is 0 Å². The maximum absolute atomic E-state index is 11.8. The fourth-order valence-corrected chi connectivity index (χ4v) is 2.68. The van der Waals surface area contributed by atoms with Gasteiger partial charge in [-0.25, -0.2) is 9.78 Å². The van der Waals surface area contributed by atoms with Gasteiger partial charge in [0.1, 0.15) is 6.33 Å². The highest BCUT2D eigenvalue weighted by atomic mass is 79.9. The van der Waals surface area contributed by atoms with Gasteiger partial charge in [-0.3, -0.25) is 9.89 Å². The summed E-state index contributed by atoms with van der Waals surface area (Å²) in [6, 6.07) is 3.02. The molecule has 1 aromatic heterocycles. The summed E-state index contributed by atoms with van der Waals surface area (Å²) >= 11 is 6.39. The molecule has 0 radical (unpaired) electrons. The number of amides is 1. The number of hydrogen-bond acceptors (Lipinski definition) is 4. The summed E-state index contributed by atoms with van der Waals surface area (Å²) in [7, 11) is 0. The number of nitrogens with zero attached hydrogens (tertiary/aromatic N) is 2. The molecule has 0 aliphatic heterocycles. The van der Waals surface area contributed by atoms with Crippen LogP contribution in [0.15, 0.2) is 27.4 Å². The maximum Gasteiger partial charge on any atom is 0.337 e. The van der Waals surface area contributed by atoms with E-state index in [1.54, 1.807) is 6.07 Å². The van der Waals surface area contributed by atoms with Gasteiger partial charge >= 0.3 is 5.97 Å². The van der Waals surface area contributed by atoms with Crippen molar-refractivity contribution in [1.29, 1.82) is 0 Å². The van der Waals surface area contributed by atoms with Crippen LogP contribution in [0, 0.1) is 0 Å². The van der Waals surface area contributed by atoms with Crippen molar-refractivity contribution >= 4 is 49.4 Å². The Kier molecular flexibility index (Phi) is 3.96. The number of carbonyl (C=O) groups is 2. The Morgan fingerprint density at radius 1 is 1.32 bits per heavy atom. The molecule has 0 atom stereocenters. The number of nitrogens with one attached hydrogen (secondary N) is 2. The molecule has 0 aliphatic carbocycles. The zero-order valence-electron chi connectivity index (χ0n) is 9.15. The number of carboxylic acids is 1. The van der Waals surface area contributed by atoms with Gasteiger partial charge in [-0.2, -0.15) is 5.10 Å². The fraction of sp³-hybridized carbons (Fsp3) is 0. The van der Waals surface area contributed by atoms with Crippen molar-refractivity contribution in [3.63, 3.8) is 0 Å². The number of aromatic nitrogens is 3. The second-order valence-corrected chi connectivity index (χ2v) is 5.17. The third-order valence-electron chi connectivity index (χ3n) is 2.15. The van der Waals surface area contributed by atoms with E-state index in [0.29, 0.717) is 8.95 Å². The van der Waals surface area contributed by atoms with Crippen LogP contribution in [0.3, 0.4) is 0 Å². The lowest BCUT2D eigenvalue weighted by molar-refractivity contribution is 0.0698. The van der Waals surface area contributed by atoms with Crippen LogP contribution in [-0.2, 0) is 0 Å². The van der Waals surface area contributed by atoms with E-state index in [1.165, 1.54) is 12.4 Å². The Morgan fingerprint density at radius 2 is 2.05 bits per heavy atom. The lowest BCUT2D eigenvalue weighted by atomic mass is 10.2. The van der Waals surface area contributed by atoms with Crippen LogP contribution in [0.5, 0.6) is 0 Å². The molecule has 9 heteroatoms. The zero-order valence-corrected chi connectivity index (χ0v) is 12.3. The molecule has 0 spiro atoms. The second-order valence-electron chi connectivity index (χ2n) is 3.40. The fourth-order valence-electron chi connectivity index (χ4n) is 1.36. The highest BCUT2D eigenvalue weighted by molar-refractivity contribution is 9.11. The Bertz CT molecular complexity index is 642. The quantitative estimate of drug-likeness (QED) is 0.746. The number of H-pyrrole nitrogens is 1. The van der Waals surface area contributed by atoms with Crippen LogP contribution in [0.2, 0.25) is 0 Å². The first kappa shape index (κ1) is 13.7. The number of benzene rings is 1. The summed E-state index contributed by atoms with van der Waals surface area (Å²) in [5.41, 5.74) is 0.103. The molecular formula is C10H6Br2N4O3. The average molecular weight is 390 g/mol. The minimum Gasteiger partial charge on any atom is -0.478 e. The Labute approximate surface area is 123 Å². The summed E-state index contributed by atoms with van der Waals surface area (Å²) in [6.45, 7) is 0. The highest BCUT2D eigenvalue weighted by Gasteiger charge is 2.18. The number of aromatic carboxylic acids is 1. The van der Waals surface area contributed by atoms with Crippen LogP contribution in [0.25, 0.3) is 0 Å². The monoisotopic (exact) mass is 388 g/mol. The first-order chi connectivity index (χ1) is 8.99. The van der Waals surface area contributed by atoms with Gasteiger partial charge in [0, 0.05) is 8.95 Å². The van der Waals surface area contributed by atoms with E-state index in [2.05, 4.69) is 52.4 Å². The Hall–Kier alpha value is -1.74.